The Hall–Kier alpha value is -1.19. The Labute approximate surface area is 125 Å². The number of hydrogen-bond acceptors (Lipinski definition) is 3. The van der Waals surface area contributed by atoms with Gasteiger partial charge in [-0.3, -0.25) is 0 Å². The first kappa shape index (κ1) is 13.8. The van der Waals surface area contributed by atoms with Crippen LogP contribution in [0.15, 0.2) is 18.2 Å². The van der Waals surface area contributed by atoms with Gasteiger partial charge in [0, 0.05) is 4.88 Å². The number of benzene rings is 1. The minimum absolute atomic E-state index is 0.247. The first-order valence-corrected chi connectivity index (χ1v) is 8.30. The van der Waals surface area contributed by atoms with Gasteiger partial charge in [0.1, 0.15) is 5.01 Å². The zero-order valence-corrected chi connectivity index (χ0v) is 13.3. The second kappa shape index (κ2) is 5.66. The monoisotopic (exact) mass is 286 g/mol. The van der Waals surface area contributed by atoms with E-state index in [9.17, 15) is 0 Å². The van der Waals surface area contributed by atoms with E-state index in [0.717, 1.165) is 13.0 Å². The molecule has 2 nitrogen and oxygen atoms in total. The first-order valence-electron chi connectivity index (χ1n) is 7.48. The maximum atomic E-state index is 4.92. The molecule has 106 valence electrons. The summed E-state index contributed by atoms with van der Waals surface area (Å²) in [6, 6.07) is 6.79. The Morgan fingerprint density at radius 3 is 2.65 bits per heavy atom. The number of nitrogens with zero attached hydrogens (tertiary/aromatic N) is 1. The Morgan fingerprint density at radius 1 is 1.25 bits per heavy atom. The molecule has 1 aromatic heterocycles. The van der Waals surface area contributed by atoms with Crippen LogP contribution in [0, 0.1) is 13.8 Å². The van der Waals surface area contributed by atoms with Crippen LogP contribution in [-0.4, -0.2) is 11.5 Å². The summed E-state index contributed by atoms with van der Waals surface area (Å²) in [6.07, 6.45) is 3.67. The van der Waals surface area contributed by atoms with Crippen LogP contribution < -0.4 is 5.32 Å². The largest absolute Gasteiger partial charge is 0.305 e. The number of rotatable bonds is 4. The summed E-state index contributed by atoms with van der Waals surface area (Å²) in [4.78, 5) is 6.43. The number of nitrogens with one attached hydrogen (secondary N) is 1. The highest BCUT2D eigenvalue weighted by atomic mass is 32.1. The second-order valence-electron chi connectivity index (χ2n) is 5.57. The molecule has 1 aromatic carbocycles. The van der Waals surface area contributed by atoms with E-state index in [4.69, 9.17) is 4.98 Å². The summed E-state index contributed by atoms with van der Waals surface area (Å²) in [7, 11) is 0. The van der Waals surface area contributed by atoms with Crippen molar-refractivity contribution in [1.29, 1.82) is 0 Å². The molecule has 1 aliphatic rings. The lowest BCUT2D eigenvalue weighted by Crippen LogP contribution is -2.23. The Kier molecular flexibility index (Phi) is 3.90. The van der Waals surface area contributed by atoms with Crippen LogP contribution in [0.3, 0.4) is 0 Å². The zero-order valence-electron chi connectivity index (χ0n) is 12.5. The van der Waals surface area contributed by atoms with Crippen molar-refractivity contribution in [3.63, 3.8) is 0 Å². The van der Waals surface area contributed by atoms with Crippen LogP contribution in [0.2, 0.25) is 0 Å². The molecule has 0 radical (unpaired) electrons. The van der Waals surface area contributed by atoms with Crippen molar-refractivity contribution in [2.45, 2.75) is 46.1 Å². The van der Waals surface area contributed by atoms with E-state index in [-0.39, 0.29) is 6.04 Å². The molecular formula is C17H22N2S. The summed E-state index contributed by atoms with van der Waals surface area (Å²) < 4.78 is 0. The fourth-order valence-corrected chi connectivity index (χ4v) is 4.37. The van der Waals surface area contributed by atoms with Crippen LogP contribution in [0.4, 0.5) is 0 Å². The minimum atomic E-state index is 0.247. The van der Waals surface area contributed by atoms with Crippen molar-refractivity contribution in [1.82, 2.24) is 10.3 Å². The van der Waals surface area contributed by atoms with Crippen molar-refractivity contribution >= 4 is 11.3 Å². The van der Waals surface area contributed by atoms with Crippen molar-refractivity contribution in [3.8, 4) is 0 Å². The SMILES string of the molecule is CCNC(c1nc2c(s1)CCC2)c1c(C)cccc1C. The molecule has 1 heterocycles. The average molecular weight is 286 g/mol. The summed E-state index contributed by atoms with van der Waals surface area (Å²) in [5.41, 5.74) is 5.46. The molecule has 0 fully saturated rings. The minimum Gasteiger partial charge on any atom is -0.305 e. The molecular weight excluding hydrogens is 264 g/mol. The molecule has 1 atom stereocenters. The predicted molar refractivity (Wildman–Crippen MR) is 85.6 cm³/mol. The number of hydrogen-bond donors (Lipinski definition) is 1. The molecule has 20 heavy (non-hydrogen) atoms. The van der Waals surface area contributed by atoms with Gasteiger partial charge in [0.05, 0.1) is 11.7 Å². The van der Waals surface area contributed by atoms with E-state index >= 15 is 0 Å². The molecule has 1 N–H and O–H groups in total. The molecule has 3 rings (SSSR count). The topological polar surface area (TPSA) is 24.9 Å². The quantitative estimate of drug-likeness (QED) is 0.920. The predicted octanol–water partition coefficient (Wildman–Crippen LogP) is 3.95. The van der Waals surface area contributed by atoms with Crippen LogP contribution in [0.1, 0.15) is 51.7 Å². The van der Waals surface area contributed by atoms with Crippen LogP contribution in [0.25, 0.3) is 0 Å². The maximum Gasteiger partial charge on any atom is 0.115 e. The molecule has 0 bridgehead atoms. The molecule has 1 aliphatic carbocycles. The average Bonchev–Trinajstić information content (AvgIpc) is 2.98. The highest BCUT2D eigenvalue weighted by Crippen LogP contribution is 2.35. The van der Waals surface area contributed by atoms with E-state index in [2.05, 4.69) is 44.3 Å². The zero-order chi connectivity index (χ0) is 14.1. The van der Waals surface area contributed by atoms with Gasteiger partial charge in [-0.1, -0.05) is 25.1 Å². The van der Waals surface area contributed by atoms with Gasteiger partial charge in [-0.2, -0.15) is 0 Å². The molecule has 3 heteroatoms. The van der Waals surface area contributed by atoms with E-state index in [1.165, 1.54) is 45.1 Å². The summed E-state index contributed by atoms with van der Waals surface area (Å²) in [6.45, 7) is 7.53. The lowest BCUT2D eigenvalue weighted by atomic mass is 9.96. The highest BCUT2D eigenvalue weighted by Gasteiger charge is 2.24. The summed E-state index contributed by atoms with van der Waals surface area (Å²) in [5, 5.41) is 4.88. The summed E-state index contributed by atoms with van der Waals surface area (Å²) >= 11 is 1.91. The highest BCUT2D eigenvalue weighted by molar-refractivity contribution is 7.11. The normalized spacial score (nSPS) is 15.3. The van der Waals surface area contributed by atoms with Gasteiger partial charge in [0.15, 0.2) is 0 Å². The van der Waals surface area contributed by atoms with Crippen LogP contribution >= 0.6 is 11.3 Å². The fraction of sp³-hybridized carbons (Fsp3) is 0.471. The summed E-state index contributed by atoms with van der Waals surface area (Å²) in [5.74, 6) is 0. The fourth-order valence-electron chi connectivity index (χ4n) is 3.13. The Bertz CT molecular complexity index is 574. The molecule has 1 unspecified atom stereocenters. The standard InChI is InChI=1S/C17H22N2S/c1-4-18-16(15-11(2)7-5-8-12(15)3)17-19-13-9-6-10-14(13)20-17/h5,7-8,16,18H,4,6,9-10H2,1-3H3. The van der Waals surface area contributed by atoms with Gasteiger partial charge in [-0.25, -0.2) is 4.98 Å². The Balaban J connectivity index is 2.04. The molecule has 0 amide bonds. The maximum absolute atomic E-state index is 4.92. The van der Waals surface area contributed by atoms with Crippen LogP contribution in [0.5, 0.6) is 0 Å². The van der Waals surface area contributed by atoms with E-state index in [1.807, 2.05) is 11.3 Å². The second-order valence-corrected chi connectivity index (χ2v) is 6.69. The molecule has 0 saturated heterocycles. The third kappa shape index (κ3) is 2.40. The van der Waals surface area contributed by atoms with E-state index < -0.39 is 0 Å². The van der Waals surface area contributed by atoms with E-state index in [1.54, 1.807) is 0 Å². The van der Waals surface area contributed by atoms with E-state index in [0.29, 0.717) is 0 Å². The molecule has 0 aliphatic heterocycles. The lowest BCUT2D eigenvalue weighted by molar-refractivity contribution is 0.619. The van der Waals surface area contributed by atoms with Crippen molar-refractivity contribution in [2.24, 2.45) is 0 Å². The number of fused-ring (bicyclic) bond motifs is 1. The number of thiazole rings is 1. The van der Waals surface area contributed by atoms with Crippen LogP contribution in [-0.2, 0) is 12.8 Å². The Morgan fingerprint density at radius 2 is 2.00 bits per heavy atom. The molecule has 0 spiro atoms. The molecule has 0 saturated carbocycles. The lowest BCUT2D eigenvalue weighted by Gasteiger charge is -2.20. The smallest absolute Gasteiger partial charge is 0.115 e. The van der Waals surface area contributed by atoms with Gasteiger partial charge in [-0.15, -0.1) is 11.3 Å². The van der Waals surface area contributed by atoms with Crippen molar-refractivity contribution in [3.05, 3.63) is 50.5 Å². The van der Waals surface area contributed by atoms with Gasteiger partial charge in [-0.05, 0) is 56.3 Å². The number of aryl methyl sites for hydroxylation is 4. The third-order valence-electron chi connectivity index (χ3n) is 4.10. The first-order chi connectivity index (χ1) is 9.70. The van der Waals surface area contributed by atoms with Gasteiger partial charge in [0.25, 0.3) is 0 Å². The van der Waals surface area contributed by atoms with Crippen molar-refractivity contribution in [2.75, 3.05) is 6.54 Å². The third-order valence-corrected chi connectivity index (χ3v) is 5.32. The van der Waals surface area contributed by atoms with Gasteiger partial charge in [0.2, 0.25) is 0 Å². The van der Waals surface area contributed by atoms with Gasteiger partial charge >= 0.3 is 0 Å². The number of aromatic nitrogens is 1. The molecule has 2 aromatic rings. The van der Waals surface area contributed by atoms with Gasteiger partial charge < -0.3 is 5.32 Å². The van der Waals surface area contributed by atoms with Crippen molar-refractivity contribution < 1.29 is 0 Å².